The van der Waals surface area contributed by atoms with Crippen molar-refractivity contribution in [2.24, 2.45) is 0 Å². The van der Waals surface area contributed by atoms with E-state index in [-0.39, 0.29) is 11.9 Å². The molecule has 0 spiro atoms. The summed E-state index contributed by atoms with van der Waals surface area (Å²) in [5.74, 6) is 0.549. The quantitative estimate of drug-likeness (QED) is 0.176. The number of ether oxygens (including phenoxy) is 1. The van der Waals surface area contributed by atoms with Crippen molar-refractivity contribution in [3.63, 3.8) is 0 Å². The van der Waals surface area contributed by atoms with Gasteiger partial charge < -0.3 is 31.4 Å². The maximum atomic E-state index is 12.4. The Hall–Kier alpha value is -3.43. The molecule has 1 fully saturated rings. The van der Waals surface area contributed by atoms with Gasteiger partial charge in [0.15, 0.2) is 5.82 Å². The highest BCUT2D eigenvalue weighted by molar-refractivity contribution is 6.32. The molecule has 1 aromatic carbocycles. The molecule has 0 bridgehead atoms. The largest absolute Gasteiger partial charge is 0.387 e. The van der Waals surface area contributed by atoms with E-state index in [2.05, 4.69) is 31.2 Å². The van der Waals surface area contributed by atoms with E-state index in [0.717, 1.165) is 31.9 Å². The molecule has 2 aromatic rings. The Balaban J connectivity index is 1.65. The molecule has 9 nitrogen and oxygen atoms in total. The topological polar surface area (TPSA) is 124 Å². The number of rotatable bonds is 11. The first kappa shape index (κ1) is 25.2. The van der Waals surface area contributed by atoms with Crippen molar-refractivity contribution < 1.29 is 9.53 Å². The van der Waals surface area contributed by atoms with Crippen LogP contribution in [0.15, 0.2) is 54.0 Å². The summed E-state index contributed by atoms with van der Waals surface area (Å²) < 4.78 is 4.98. The lowest BCUT2D eigenvalue weighted by Gasteiger charge is -2.13. The van der Waals surface area contributed by atoms with Gasteiger partial charge in [-0.2, -0.15) is 4.98 Å². The second kappa shape index (κ2) is 13.3. The smallest absolute Gasteiger partial charge is 0.248 e. The highest BCUT2D eigenvalue weighted by atomic mass is 35.5. The van der Waals surface area contributed by atoms with Crippen LogP contribution in [-0.4, -0.2) is 42.4 Å². The highest BCUT2D eigenvalue weighted by Crippen LogP contribution is 2.26. The van der Waals surface area contributed by atoms with Crippen molar-refractivity contribution in [3.8, 4) is 0 Å². The Bertz CT molecular complexity index is 1050. The Kier molecular flexibility index (Phi) is 9.87. The fourth-order valence-electron chi connectivity index (χ4n) is 3.43. The van der Waals surface area contributed by atoms with Gasteiger partial charge in [-0.05, 0) is 43.9 Å². The van der Waals surface area contributed by atoms with Crippen LogP contribution in [0.3, 0.4) is 0 Å². The zero-order valence-electron chi connectivity index (χ0n) is 19.2. The standard InChI is InChI=1S/C24H30ClN7O2/c1-34-11-10-27-15-20(14-26)31-24-28-16-21(25)23(32-24)30-19-9-5-8-18(13-19)29-22(33)12-17-6-3-2-4-7-17/h5,8-9,12-16,26-27H,2-4,6-7,10-11H2,1H3,(H,29,33)(H2,28,30,31,32)/b20-15+,26-14?. The molecular weight excluding hydrogens is 454 g/mol. The summed E-state index contributed by atoms with van der Waals surface area (Å²) in [5.41, 5.74) is 3.06. The summed E-state index contributed by atoms with van der Waals surface area (Å²) in [6, 6.07) is 7.32. The number of nitrogens with zero attached hydrogens (tertiary/aromatic N) is 2. The van der Waals surface area contributed by atoms with E-state index in [1.54, 1.807) is 19.4 Å². The molecule has 1 saturated carbocycles. The number of halogens is 1. The van der Waals surface area contributed by atoms with E-state index in [4.69, 9.17) is 21.7 Å². The maximum absolute atomic E-state index is 12.4. The van der Waals surface area contributed by atoms with Gasteiger partial charge in [0, 0.05) is 43.5 Å². The van der Waals surface area contributed by atoms with Crippen molar-refractivity contribution in [2.45, 2.75) is 32.1 Å². The van der Waals surface area contributed by atoms with Gasteiger partial charge in [-0.15, -0.1) is 0 Å². The number of amides is 1. The Labute approximate surface area is 204 Å². The van der Waals surface area contributed by atoms with Gasteiger partial charge in [0.05, 0.1) is 18.5 Å². The predicted molar refractivity (Wildman–Crippen MR) is 137 cm³/mol. The van der Waals surface area contributed by atoms with Gasteiger partial charge >= 0.3 is 0 Å². The van der Waals surface area contributed by atoms with Gasteiger partial charge in [-0.25, -0.2) is 4.98 Å². The van der Waals surface area contributed by atoms with Crippen LogP contribution in [0.5, 0.6) is 0 Å². The van der Waals surface area contributed by atoms with Crippen molar-refractivity contribution in [1.29, 1.82) is 5.41 Å². The van der Waals surface area contributed by atoms with Crippen molar-refractivity contribution in [2.75, 3.05) is 36.2 Å². The van der Waals surface area contributed by atoms with Crippen LogP contribution in [0.25, 0.3) is 0 Å². The van der Waals surface area contributed by atoms with Gasteiger partial charge in [0.25, 0.3) is 0 Å². The number of aromatic nitrogens is 2. The number of methoxy groups -OCH3 is 1. The minimum absolute atomic E-state index is 0.120. The molecule has 1 aliphatic rings. The molecule has 0 aliphatic heterocycles. The number of carbonyl (C=O) groups excluding carboxylic acids is 1. The predicted octanol–water partition coefficient (Wildman–Crippen LogP) is 4.84. The van der Waals surface area contributed by atoms with E-state index in [9.17, 15) is 4.79 Å². The molecule has 0 atom stereocenters. The van der Waals surface area contributed by atoms with Crippen molar-refractivity contribution in [3.05, 3.63) is 59.0 Å². The van der Waals surface area contributed by atoms with E-state index < -0.39 is 0 Å². The summed E-state index contributed by atoms with van der Waals surface area (Å²) >= 11 is 6.29. The Morgan fingerprint density at radius 3 is 2.76 bits per heavy atom. The van der Waals surface area contributed by atoms with Crippen LogP contribution in [0.1, 0.15) is 32.1 Å². The summed E-state index contributed by atoms with van der Waals surface area (Å²) in [6.45, 7) is 1.15. The molecule has 1 heterocycles. The second-order valence-electron chi connectivity index (χ2n) is 7.76. The molecule has 34 heavy (non-hydrogen) atoms. The Morgan fingerprint density at radius 2 is 2.00 bits per heavy atom. The lowest BCUT2D eigenvalue weighted by molar-refractivity contribution is -0.112. The van der Waals surface area contributed by atoms with Gasteiger partial charge in [0.1, 0.15) is 5.02 Å². The molecule has 10 heteroatoms. The zero-order valence-corrected chi connectivity index (χ0v) is 19.9. The van der Waals surface area contributed by atoms with E-state index in [1.165, 1.54) is 18.2 Å². The third-order valence-corrected chi connectivity index (χ3v) is 5.36. The first-order valence-electron chi connectivity index (χ1n) is 11.2. The average Bonchev–Trinajstić information content (AvgIpc) is 2.84. The molecule has 0 unspecified atom stereocenters. The van der Waals surface area contributed by atoms with Gasteiger partial charge in [-0.1, -0.05) is 29.7 Å². The minimum Gasteiger partial charge on any atom is -0.387 e. The normalized spacial score (nSPS) is 13.7. The van der Waals surface area contributed by atoms with Crippen molar-refractivity contribution >= 4 is 46.9 Å². The van der Waals surface area contributed by atoms with Crippen LogP contribution >= 0.6 is 11.6 Å². The average molecular weight is 484 g/mol. The van der Waals surface area contributed by atoms with Crippen molar-refractivity contribution in [1.82, 2.24) is 15.3 Å². The van der Waals surface area contributed by atoms with Crippen LogP contribution < -0.4 is 21.3 Å². The second-order valence-corrected chi connectivity index (χ2v) is 8.17. The molecule has 0 saturated heterocycles. The summed E-state index contributed by atoms with van der Waals surface area (Å²) in [6.07, 6.45) is 11.5. The molecule has 3 rings (SSSR count). The first-order valence-corrected chi connectivity index (χ1v) is 11.5. The number of carbonyl (C=O) groups is 1. The first-order chi connectivity index (χ1) is 16.6. The van der Waals surface area contributed by atoms with E-state index in [1.807, 2.05) is 24.3 Å². The molecule has 5 N–H and O–H groups in total. The van der Waals surface area contributed by atoms with Crippen LogP contribution in [-0.2, 0) is 9.53 Å². The lowest BCUT2D eigenvalue weighted by atomic mass is 9.94. The highest BCUT2D eigenvalue weighted by Gasteiger charge is 2.10. The molecule has 0 radical (unpaired) electrons. The number of anilines is 4. The number of allylic oxidation sites excluding steroid dienone is 2. The van der Waals surface area contributed by atoms with Crippen LogP contribution in [0.4, 0.5) is 23.1 Å². The maximum Gasteiger partial charge on any atom is 0.248 e. The molecule has 1 amide bonds. The lowest BCUT2D eigenvalue weighted by Crippen LogP contribution is -2.16. The summed E-state index contributed by atoms with van der Waals surface area (Å²) in [5, 5.41) is 20.0. The Morgan fingerprint density at radius 1 is 1.21 bits per heavy atom. The third-order valence-electron chi connectivity index (χ3n) is 5.09. The summed E-state index contributed by atoms with van der Waals surface area (Å²) in [4.78, 5) is 21.0. The molecule has 180 valence electrons. The fraction of sp³-hybridized carbons (Fsp3) is 0.333. The third kappa shape index (κ3) is 8.17. The summed E-state index contributed by atoms with van der Waals surface area (Å²) in [7, 11) is 1.62. The van der Waals surface area contributed by atoms with Crippen LogP contribution in [0, 0.1) is 5.41 Å². The fourth-order valence-corrected chi connectivity index (χ4v) is 3.56. The molecule has 1 aliphatic carbocycles. The number of hydrogen-bond acceptors (Lipinski definition) is 8. The minimum atomic E-state index is -0.120. The van der Waals surface area contributed by atoms with Gasteiger partial charge in [0.2, 0.25) is 11.9 Å². The molecule has 1 aromatic heterocycles. The zero-order chi connectivity index (χ0) is 24.2. The number of hydrogen-bond donors (Lipinski definition) is 5. The SMILES string of the molecule is COCCN/C=C(\C=N)Nc1ncc(Cl)c(Nc2cccc(NC(=O)C=C3CCCCC3)c2)n1. The van der Waals surface area contributed by atoms with E-state index in [0.29, 0.717) is 41.1 Å². The monoisotopic (exact) mass is 483 g/mol. The number of benzene rings is 1. The number of nitrogens with one attached hydrogen (secondary N) is 5. The van der Waals surface area contributed by atoms with E-state index >= 15 is 0 Å². The van der Waals surface area contributed by atoms with Gasteiger partial charge in [-0.3, -0.25) is 4.79 Å². The van der Waals surface area contributed by atoms with Crippen LogP contribution in [0.2, 0.25) is 5.02 Å². The molecular formula is C24H30ClN7O2.